The molecule has 0 aliphatic heterocycles. The van der Waals surface area contributed by atoms with Gasteiger partial charge < -0.3 is 5.11 Å². The molecule has 0 spiro atoms. The predicted molar refractivity (Wildman–Crippen MR) is 72.4 cm³/mol. The number of rotatable bonds is 7. The fraction of sp³-hybridized carbons (Fsp3) is 1.00. The maximum atomic E-state index is 11.9. The lowest BCUT2D eigenvalue weighted by atomic mass is 9.81. The molecule has 6 heteroatoms. The lowest BCUT2D eigenvalue weighted by molar-refractivity contribution is 0.254. The zero-order valence-electron chi connectivity index (χ0n) is 11.4. The molecule has 18 heavy (non-hydrogen) atoms. The van der Waals surface area contributed by atoms with E-state index in [1.807, 2.05) is 0 Å². The molecule has 0 heterocycles. The number of hydrogen-bond acceptors (Lipinski definition) is 3. The molecular formula is C12H26N2O3S. The van der Waals surface area contributed by atoms with Gasteiger partial charge in [-0.15, -0.1) is 0 Å². The molecule has 0 saturated heterocycles. The van der Waals surface area contributed by atoms with E-state index in [1.165, 1.54) is 23.6 Å². The van der Waals surface area contributed by atoms with Gasteiger partial charge in [-0.2, -0.15) is 12.7 Å². The summed E-state index contributed by atoms with van der Waals surface area (Å²) in [5.41, 5.74) is 0. The molecule has 0 amide bonds. The maximum absolute atomic E-state index is 11.9. The minimum atomic E-state index is -3.38. The van der Waals surface area contributed by atoms with Gasteiger partial charge in [0.05, 0.1) is 0 Å². The standard InChI is InChI=1S/C12H26N2O3S/c1-11-6-3-4-7-12(11)10-13-18(16,17)14(2)8-5-9-15/h11-13,15H,3-10H2,1-2H3. The van der Waals surface area contributed by atoms with Crippen molar-refractivity contribution >= 4 is 10.2 Å². The molecule has 2 N–H and O–H groups in total. The summed E-state index contributed by atoms with van der Waals surface area (Å²) in [6.07, 6.45) is 5.26. The average Bonchev–Trinajstić information content (AvgIpc) is 2.35. The molecule has 1 fully saturated rings. The topological polar surface area (TPSA) is 69.6 Å². The second kappa shape index (κ2) is 7.43. The molecule has 1 aliphatic carbocycles. The first-order chi connectivity index (χ1) is 8.47. The zero-order chi connectivity index (χ0) is 13.6. The smallest absolute Gasteiger partial charge is 0.279 e. The van der Waals surface area contributed by atoms with E-state index in [-0.39, 0.29) is 6.61 Å². The summed E-state index contributed by atoms with van der Waals surface area (Å²) >= 11 is 0. The first-order valence-corrected chi connectivity index (χ1v) is 8.23. The number of nitrogens with one attached hydrogen (secondary N) is 1. The van der Waals surface area contributed by atoms with Crippen molar-refractivity contribution in [3.63, 3.8) is 0 Å². The van der Waals surface area contributed by atoms with Crippen molar-refractivity contribution in [1.82, 2.24) is 9.03 Å². The Labute approximate surface area is 111 Å². The molecular weight excluding hydrogens is 252 g/mol. The molecule has 0 aromatic heterocycles. The molecule has 1 rings (SSSR count). The molecule has 5 nitrogen and oxygen atoms in total. The van der Waals surface area contributed by atoms with E-state index in [9.17, 15) is 8.42 Å². The van der Waals surface area contributed by atoms with Crippen LogP contribution in [0.1, 0.15) is 39.0 Å². The first kappa shape index (κ1) is 15.9. The van der Waals surface area contributed by atoms with Crippen LogP contribution in [-0.2, 0) is 10.2 Å². The van der Waals surface area contributed by atoms with Crippen LogP contribution >= 0.6 is 0 Å². The summed E-state index contributed by atoms with van der Waals surface area (Å²) in [6.45, 7) is 3.10. The van der Waals surface area contributed by atoms with Gasteiger partial charge >= 0.3 is 0 Å². The summed E-state index contributed by atoms with van der Waals surface area (Å²) in [4.78, 5) is 0. The maximum Gasteiger partial charge on any atom is 0.279 e. The molecule has 0 bridgehead atoms. The highest BCUT2D eigenvalue weighted by molar-refractivity contribution is 7.87. The molecule has 0 radical (unpaired) electrons. The van der Waals surface area contributed by atoms with Crippen LogP contribution < -0.4 is 4.72 Å². The Bertz CT molecular complexity index is 332. The van der Waals surface area contributed by atoms with Crippen molar-refractivity contribution in [2.24, 2.45) is 11.8 Å². The van der Waals surface area contributed by atoms with Gasteiger partial charge in [0.2, 0.25) is 0 Å². The Hall–Kier alpha value is -0.170. The van der Waals surface area contributed by atoms with Crippen LogP contribution in [0, 0.1) is 11.8 Å². The normalized spacial score (nSPS) is 25.6. The Morgan fingerprint density at radius 3 is 2.61 bits per heavy atom. The Balaban J connectivity index is 2.40. The average molecular weight is 278 g/mol. The third-order valence-corrected chi connectivity index (χ3v) is 5.39. The van der Waals surface area contributed by atoms with Gasteiger partial charge in [0.25, 0.3) is 10.2 Å². The van der Waals surface area contributed by atoms with Crippen molar-refractivity contribution in [2.75, 3.05) is 26.7 Å². The number of aliphatic hydroxyl groups excluding tert-OH is 1. The van der Waals surface area contributed by atoms with Gasteiger partial charge in [-0.05, 0) is 24.7 Å². The van der Waals surface area contributed by atoms with E-state index >= 15 is 0 Å². The molecule has 108 valence electrons. The van der Waals surface area contributed by atoms with Gasteiger partial charge in [-0.25, -0.2) is 4.72 Å². The van der Waals surface area contributed by atoms with Crippen molar-refractivity contribution in [2.45, 2.75) is 39.0 Å². The van der Waals surface area contributed by atoms with Gasteiger partial charge in [-0.3, -0.25) is 0 Å². The van der Waals surface area contributed by atoms with Gasteiger partial charge in [0, 0.05) is 26.7 Å². The minimum absolute atomic E-state index is 0.0134. The quantitative estimate of drug-likeness (QED) is 0.729. The lowest BCUT2D eigenvalue weighted by Gasteiger charge is -2.29. The van der Waals surface area contributed by atoms with Gasteiger partial charge in [-0.1, -0.05) is 26.2 Å². The van der Waals surface area contributed by atoms with Crippen LogP contribution in [-0.4, -0.2) is 44.6 Å². The van der Waals surface area contributed by atoms with Crippen molar-refractivity contribution in [3.8, 4) is 0 Å². The van der Waals surface area contributed by atoms with E-state index in [0.29, 0.717) is 31.3 Å². The third kappa shape index (κ3) is 4.84. The van der Waals surface area contributed by atoms with Crippen molar-refractivity contribution in [3.05, 3.63) is 0 Å². The fourth-order valence-electron chi connectivity index (χ4n) is 2.43. The van der Waals surface area contributed by atoms with Crippen LogP contribution in [0.5, 0.6) is 0 Å². The van der Waals surface area contributed by atoms with Crippen molar-refractivity contribution in [1.29, 1.82) is 0 Å². The molecule has 2 atom stereocenters. The van der Waals surface area contributed by atoms with Crippen LogP contribution in [0.4, 0.5) is 0 Å². The Morgan fingerprint density at radius 1 is 1.33 bits per heavy atom. The first-order valence-electron chi connectivity index (χ1n) is 6.79. The largest absolute Gasteiger partial charge is 0.396 e. The van der Waals surface area contributed by atoms with Crippen LogP contribution in [0.2, 0.25) is 0 Å². The number of nitrogens with zero attached hydrogens (tertiary/aromatic N) is 1. The van der Waals surface area contributed by atoms with Crippen molar-refractivity contribution < 1.29 is 13.5 Å². The van der Waals surface area contributed by atoms with Crippen LogP contribution in [0.3, 0.4) is 0 Å². The summed E-state index contributed by atoms with van der Waals surface area (Å²) < 4.78 is 27.8. The molecule has 0 aromatic carbocycles. The van der Waals surface area contributed by atoms with Gasteiger partial charge in [0.15, 0.2) is 0 Å². The summed E-state index contributed by atoms with van der Waals surface area (Å²) in [6, 6.07) is 0. The van der Waals surface area contributed by atoms with E-state index in [0.717, 1.165) is 6.42 Å². The Kier molecular flexibility index (Phi) is 6.55. The molecule has 1 aliphatic rings. The molecule has 2 unspecified atom stereocenters. The van der Waals surface area contributed by atoms with E-state index in [2.05, 4.69) is 11.6 Å². The molecule has 1 saturated carbocycles. The van der Waals surface area contributed by atoms with E-state index in [4.69, 9.17) is 5.11 Å². The SMILES string of the molecule is CC1CCCCC1CNS(=O)(=O)N(C)CCCO. The highest BCUT2D eigenvalue weighted by Crippen LogP contribution is 2.28. The number of hydrogen-bond donors (Lipinski definition) is 2. The van der Waals surface area contributed by atoms with Gasteiger partial charge in [0.1, 0.15) is 0 Å². The Morgan fingerprint density at radius 2 is 2.00 bits per heavy atom. The third-order valence-electron chi connectivity index (χ3n) is 3.86. The highest BCUT2D eigenvalue weighted by atomic mass is 32.2. The second-order valence-electron chi connectivity index (χ2n) is 5.27. The van der Waals surface area contributed by atoms with Crippen LogP contribution in [0.25, 0.3) is 0 Å². The zero-order valence-corrected chi connectivity index (χ0v) is 12.2. The molecule has 0 aromatic rings. The second-order valence-corrected chi connectivity index (χ2v) is 7.14. The summed E-state index contributed by atoms with van der Waals surface area (Å²) in [5.74, 6) is 1.06. The summed E-state index contributed by atoms with van der Waals surface area (Å²) in [5, 5.41) is 8.71. The van der Waals surface area contributed by atoms with E-state index in [1.54, 1.807) is 7.05 Å². The minimum Gasteiger partial charge on any atom is -0.396 e. The van der Waals surface area contributed by atoms with E-state index < -0.39 is 10.2 Å². The lowest BCUT2D eigenvalue weighted by Crippen LogP contribution is -2.42. The highest BCUT2D eigenvalue weighted by Gasteiger charge is 2.24. The number of aliphatic hydroxyl groups is 1. The fourth-order valence-corrected chi connectivity index (χ4v) is 3.45. The van der Waals surface area contributed by atoms with Crippen LogP contribution in [0.15, 0.2) is 0 Å². The predicted octanol–water partition coefficient (Wildman–Crippen LogP) is 0.961. The summed E-state index contributed by atoms with van der Waals surface area (Å²) in [7, 11) is -1.84. The monoisotopic (exact) mass is 278 g/mol.